The Hall–Kier alpha value is -0.160. The summed E-state index contributed by atoms with van der Waals surface area (Å²) in [7, 11) is 4.23. The normalized spacial score (nSPS) is 19.7. The van der Waals surface area contributed by atoms with Gasteiger partial charge in [0.25, 0.3) is 0 Å². The molecule has 0 atom stereocenters. The van der Waals surface area contributed by atoms with Gasteiger partial charge in [-0.3, -0.25) is 0 Å². The van der Waals surface area contributed by atoms with Crippen LogP contribution < -0.4 is 5.32 Å². The fraction of sp³-hybridized carbons (Fsp3) is 1.00. The maximum absolute atomic E-state index is 5.61. The molecule has 0 aromatic rings. The molecule has 0 spiro atoms. The van der Waals surface area contributed by atoms with Gasteiger partial charge in [0.05, 0.1) is 12.7 Å². The Bertz CT molecular complexity index is 210. The van der Waals surface area contributed by atoms with E-state index in [2.05, 4.69) is 31.1 Å². The molecule has 0 aromatic carbocycles. The van der Waals surface area contributed by atoms with Crippen molar-refractivity contribution in [3.8, 4) is 0 Å². The number of hydrogen-bond acceptors (Lipinski definition) is 4. The molecule has 0 aliphatic carbocycles. The first-order valence-corrected chi connectivity index (χ1v) is 7.10. The monoisotopic (exact) mass is 258 g/mol. The molecule has 108 valence electrons. The molecule has 1 rings (SSSR count). The van der Waals surface area contributed by atoms with Gasteiger partial charge in [-0.15, -0.1) is 0 Å². The first kappa shape index (κ1) is 15.9. The van der Waals surface area contributed by atoms with Gasteiger partial charge in [0.2, 0.25) is 0 Å². The maximum atomic E-state index is 5.61. The molecule has 4 nitrogen and oxygen atoms in total. The van der Waals surface area contributed by atoms with E-state index in [1.807, 2.05) is 7.05 Å². The van der Waals surface area contributed by atoms with Crippen LogP contribution in [0.2, 0.25) is 0 Å². The minimum atomic E-state index is 0.327. The van der Waals surface area contributed by atoms with Crippen LogP contribution in [0.25, 0.3) is 0 Å². The Morgan fingerprint density at radius 3 is 2.56 bits per heavy atom. The molecule has 1 N–H and O–H groups in total. The summed E-state index contributed by atoms with van der Waals surface area (Å²) in [5, 5.41) is 3.34. The third-order valence-corrected chi connectivity index (χ3v) is 3.63. The van der Waals surface area contributed by atoms with Crippen LogP contribution in [0, 0.1) is 5.41 Å². The first-order chi connectivity index (χ1) is 8.58. The minimum Gasteiger partial charge on any atom is -0.381 e. The molecule has 1 fully saturated rings. The van der Waals surface area contributed by atoms with E-state index in [-0.39, 0.29) is 0 Å². The lowest BCUT2D eigenvalue weighted by molar-refractivity contribution is -0.00633. The summed E-state index contributed by atoms with van der Waals surface area (Å²) in [6, 6.07) is 0. The van der Waals surface area contributed by atoms with E-state index in [0.717, 1.165) is 52.3 Å². The summed E-state index contributed by atoms with van der Waals surface area (Å²) < 4.78 is 11.1. The van der Waals surface area contributed by atoms with Gasteiger partial charge in [-0.05, 0) is 46.2 Å². The third kappa shape index (κ3) is 5.65. The quantitative estimate of drug-likeness (QED) is 0.713. The highest BCUT2D eigenvalue weighted by molar-refractivity contribution is 4.86. The molecule has 0 amide bonds. The second kappa shape index (κ2) is 8.10. The maximum Gasteiger partial charge on any atom is 0.0596 e. The molecular weight excluding hydrogens is 228 g/mol. The predicted molar refractivity (Wildman–Crippen MR) is 75.0 cm³/mol. The fourth-order valence-electron chi connectivity index (χ4n) is 2.67. The number of likely N-dealkylation sites (N-methyl/N-ethyl adjacent to an activating group) is 1. The second-order valence-electron chi connectivity index (χ2n) is 5.80. The average Bonchev–Trinajstić information content (AvgIpc) is 2.29. The molecule has 4 heteroatoms. The average molecular weight is 258 g/mol. The second-order valence-corrected chi connectivity index (χ2v) is 5.80. The van der Waals surface area contributed by atoms with E-state index in [1.165, 1.54) is 0 Å². The van der Waals surface area contributed by atoms with Gasteiger partial charge in [0.1, 0.15) is 0 Å². The lowest BCUT2D eigenvalue weighted by atomic mass is 9.79. The van der Waals surface area contributed by atoms with Crippen molar-refractivity contribution in [3.63, 3.8) is 0 Å². The molecule has 0 radical (unpaired) electrons. The van der Waals surface area contributed by atoms with Gasteiger partial charge in [0, 0.05) is 32.8 Å². The highest BCUT2D eigenvalue weighted by Gasteiger charge is 2.32. The number of rotatable bonds is 8. The zero-order valence-electron chi connectivity index (χ0n) is 12.5. The number of nitrogens with one attached hydrogen (secondary N) is 1. The van der Waals surface area contributed by atoms with Crippen molar-refractivity contribution < 1.29 is 9.47 Å². The topological polar surface area (TPSA) is 33.7 Å². The van der Waals surface area contributed by atoms with Crippen LogP contribution in [0.4, 0.5) is 0 Å². The largest absolute Gasteiger partial charge is 0.381 e. The number of nitrogens with zero attached hydrogens (tertiary/aromatic N) is 1. The molecule has 18 heavy (non-hydrogen) atoms. The smallest absolute Gasteiger partial charge is 0.0596 e. The first-order valence-electron chi connectivity index (χ1n) is 7.10. The molecular formula is C14H30N2O2. The van der Waals surface area contributed by atoms with Gasteiger partial charge in [-0.1, -0.05) is 0 Å². The minimum absolute atomic E-state index is 0.327. The summed E-state index contributed by atoms with van der Waals surface area (Å²) in [6.45, 7) is 9.99. The molecule has 1 heterocycles. The number of ether oxygens (including phenoxy) is 2. The van der Waals surface area contributed by atoms with Crippen molar-refractivity contribution in [2.24, 2.45) is 5.41 Å². The Morgan fingerprint density at radius 2 is 2.00 bits per heavy atom. The predicted octanol–water partition coefficient (Wildman–Crippen LogP) is 1.36. The van der Waals surface area contributed by atoms with E-state index >= 15 is 0 Å². The molecule has 1 aliphatic heterocycles. The van der Waals surface area contributed by atoms with Crippen molar-refractivity contribution in [1.29, 1.82) is 0 Å². The summed E-state index contributed by atoms with van der Waals surface area (Å²) >= 11 is 0. The Balaban J connectivity index is 2.35. The fourth-order valence-corrected chi connectivity index (χ4v) is 2.67. The lowest BCUT2D eigenvalue weighted by Gasteiger charge is -2.40. The number of hydrogen-bond donors (Lipinski definition) is 1. The van der Waals surface area contributed by atoms with Crippen molar-refractivity contribution in [1.82, 2.24) is 10.2 Å². The highest BCUT2D eigenvalue weighted by atomic mass is 16.5. The SMILES string of the molecule is CNCC1(CN(C)CCOC(C)C)CCOCC1. The third-order valence-electron chi connectivity index (χ3n) is 3.63. The van der Waals surface area contributed by atoms with Crippen molar-refractivity contribution in [2.75, 3.05) is 53.6 Å². The van der Waals surface area contributed by atoms with E-state index in [1.54, 1.807) is 0 Å². The Kier molecular flexibility index (Phi) is 7.15. The molecule has 0 aromatic heterocycles. The molecule has 1 aliphatic rings. The van der Waals surface area contributed by atoms with E-state index in [0.29, 0.717) is 11.5 Å². The van der Waals surface area contributed by atoms with Gasteiger partial charge < -0.3 is 19.7 Å². The summed E-state index contributed by atoms with van der Waals surface area (Å²) in [4.78, 5) is 2.39. The molecule has 0 bridgehead atoms. The lowest BCUT2D eigenvalue weighted by Crippen LogP contribution is -2.46. The zero-order chi connectivity index (χ0) is 13.4. The molecule has 1 saturated heterocycles. The van der Waals surface area contributed by atoms with Gasteiger partial charge in [-0.2, -0.15) is 0 Å². The van der Waals surface area contributed by atoms with Crippen LogP contribution >= 0.6 is 0 Å². The summed E-state index contributed by atoms with van der Waals surface area (Å²) in [5.74, 6) is 0. The summed E-state index contributed by atoms with van der Waals surface area (Å²) in [5.41, 5.74) is 0.375. The summed E-state index contributed by atoms with van der Waals surface area (Å²) in [6.07, 6.45) is 2.64. The van der Waals surface area contributed by atoms with Gasteiger partial charge in [-0.25, -0.2) is 0 Å². The van der Waals surface area contributed by atoms with Crippen LogP contribution in [0.5, 0.6) is 0 Å². The van der Waals surface area contributed by atoms with E-state index in [9.17, 15) is 0 Å². The van der Waals surface area contributed by atoms with Crippen molar-refractivity contribution in [3.05, 3.63) is 0 Å². The molecule has 0 unspecified atom stereocenters. The standard InChI is InChI=1S/C14H30N2O2/c1-13(2)18-10-7-16(4)12-14(11-15-3)5-8-17-9-6-14/h13,15H,5-12H2,1-4H3. The van der Waals surface area contributed by atoms with Gasteiger partial charge >= 0.3 is 0 Å². The van der Waals surface area contributed by atoms with Crippen molar-refractivity contribution in [2.45, 2.75) is 32.8 Å². The van der Waals surface area contributed by atoms with Crippen LogP contribution in [0.1, 0.15) is 26.7 Å². The molecule has 0 saturated carbocycles. The van der Waals surface area contributed by atoms with Gasteiger partial charge in [0.15, 0.2) is 0 Å². The van der Waals surface area contributed by atoms with E-state index in [4.69, 9.17) is 9.47 Å². The van der Waals surface area contributed by atoms with Crippen LogP contribution in [0.15, 0.2) is 0 Å². The van der Waals surface area contributed by atoms with Crippen LogP contribution in [-0.4, -0.2) is 64.6 Å². The highest BCUT2D eigenvalue weighted by Crippen LogP contribution is 2.30. The van der Waals surface area contributed by atoms with E-state index < -0.39 is 0 Å². The Labute approximate surface area is 112 Å². The van der Waals surface area contributed by atoms with Crippen molar-refractivity contribution >= 4 is 0 Å². The zero-order valence-corrected chi connectivity index (χ0v) is 12.5. The van der Waals surface area contributed by atoms with Crippen LogP contribution in [-0.2, 0) is 9.47 Å². The van der Waals surface area contributed by atoms with Crippen LogP contribution in [0.3, 0.4) is 0 Å². The Morgan fingerprint density at radius 1 is 1.33 bits per heavy atom.